The molecule has 166 valence electrons. The molecule has 0 aliphatic carbocycles. The molecule has 2 aromatic heterocycles. The van der Waals surface area contributed by atoms with Crippen LogP contribution in [0.25, 0.3) is 10.8 Å². The van der Waals surface area contributed by atoms with Crippen molar-refractivity contribution < 1.29 is 4.79 Å². The van der Waals surface area contributed by atoms with Gasteiger partial charge in [0.15, 0.2) is 5.11 Å². The number of nitrogens with zero attached hydrogens (tertiary/aromatic N) is 2. The zero-order chi connectivity index (χ0) is 22.8. The van der Waals surface area contributed by atoms with Crippen molar-refractivity contribution in [2.24, 2.45) is 0 Å². The van der Waals surface area contributed by atoms with Crippen LogP contribution in [0.15, 0.2) is 82.8 Å². The van der Waals surface area contributed by atoms with E-state index in [0.29, 0.717) is 18.1 Å². The maximum absolute atomic E-state index is 12.9. The molecule has 0 radical (unpaired) electrons. The highest BCUT2D eigenvalue weighted by Gasteiger charge is 2.40. The number of benzene rings is 2. The molecule has 2 N–H and O–H groups in total. The first-order chi connectivity index (χ1) is 16.1. The van der Waals surface area contributed by atoms with Crippen molar-refractivity contribution in [1.82, 2.24) is 15.2 Å². The Hall–Kier alpha value is -2.81. The summed E-state index contributed by atoms with van der Waals surface area (Å²) in [4.78, 5) is 20.7. The summed E-state index contributed by atoms with van der Waals surface area (Å²) in [5.74, 6) is -0.0402. The third kappa shape index (κ3) is 4.64. The van der Waals surface area contributed by atoms with Gasteiger partial charge < -0.3 is 15.5 Å². The minimum atomic E-state index is -0.0784. The largest absolute Gasteiger partial charge is 0.352 e. The van der Waals surface area contributed by atoms with E-state index in [9.17, 15) is 4.79 Å². The summed E-state index contributed by atoms with van der Waals surface area (Å²) < 4.78 is 1.06. The van der Waals surface area contributed by atoms with Crippen LogP contribution in [0.2, 0.25) is 0 Å². The number of anilines is 1. The molecule has 1 amide bonds. The molecular formula is C25H21BrN4OS2. The summed E-state index contributed by atoms with van der Waals surface area (Å²) in [7, 11) is 0. The highest BCUT2D eigenvalue weighted by Crippen LogP contribution is 2.42. The van der Waals surface area contributed by atoms with Gasteiger partial charge in [0.25, 0.3) is 0 Å². The maximum Gasteiger partial charge on any atom is 0.226 e. The molecule has 33 heavy (non-hydrogen) atoms. The molecule has 2 atom stereocenters. The first-order valence-corrected chi connectivity index (χ1v) is 12.6. The predicted octanol–water partition coefficient (Wildman–Crippen LogP) is 6.06. The summed E-state index contributed by atoms with van der Waals surface area (Å²) in [6, 6.07) is 23.9. The number of fused-ring (bicyclic) bond motifs is 1. The zero-order valence-corrected chi connectivity index (χ0v) is 20.8. The second-order valence-corrected chi connectivity index (χ2v) is 10.7. The lowest BCUT2D eigenvalue weighted by Gasteiger charge is -2.26. The van der Waals surface area contributed by atoms with Crippen molar-refractivity contribution in [3.63, 3.8) is 0 Å². The second kappa shape index (κ2) is 9.59. The molecule has 5 rings (SSSR count). The summed E-state index contributed by atoms with van der Waals surface area (Å²) in [6.07, 6.45) is 2.12. The standard InChI is InChI=1S/C25H21BrN4OS2/c26-21-12-11-20(33-21)24-23(19-9-3-4-14-27-19)29-25(32)30(24)15-13-22(31)28-18-10-5-7-16-6-1-2-8-17(16)18/h1-12,14,23-24H,13,15H2,(H,28,31)(H,29,32)/t23-,24+/m1/s1. The average Bonchev–Trinajstić information content (AvgIpc) is 3.41. The van der Waals surface area contributed by atoms with Gasteiger partial charge in [0, 0.05) is 35.1 Å². The fourth-order valence-electron chi connectivity index (χ4n) is 4.21. The van der Waals surface area contributed by atoms with Gasteiger partial charge in [-0.25, -0.2) is 0 Å². The van der Waals surface area contributed by atoms with E-state index in [0.717, 1.165) is 25.9 Å². The van der Waals surface area contributed by atoms with Crippen molar-refractivity contribution in [2.45, 2.75) is 18.5 Å². The van der Waals surface area contributed by atoms with Crippen LogP contribution in [0, 0.1) is 0 Å². The molecule has 2 aromatic carbocycles. The lowest BCUT2D eigenvalue weighted by Crippen LogP contribution is -2.32. The summed E-state index contributed by atoms with van der Waals surface area (Å²) >= 11 is 10.9. The minimum Gasteiger partial charge on any atom is -0.352 e. The molecule has 0 saturated carbocycles. The smallest absolute Gasteiger partial charge is 0.226 e. The van der Waals surface area contributed by atoms with Gasteiger partial charge in [-0.05, 0) is 63.9 Å². The van der Waals surface area contributed by atoms with Crippen LogP contribution in [0.4, 0.5) is 5.69 Å². The average molecular weight is 538 g/mol. The lowest BCUT2D eigenvalue weighted by atomic mass is 10.0. The van der Waals surface area contributed by atoms with Gasteiger partial charge in [0.2, 0.25) is 5.91 Å². The van der Waals surface area contributed by atoms with Crippen LogP contribution < -0.4 is 10.6 Å². The van der Waals surface area contributed by atoms with Crippen molar-refractivity contribution >= 4 is 67.0 Å². The number of pyridine rings is 1. The van der Waals surface area contributed by atoms with Gasteiger partial charge in [-0.15, -0.1) is 11.3 Å². The molecular weight excluding hydrogens is 516 g/mol. The third-order valence-corrected chi connectivity index (χ3v) is 7.77. The summed E-state index contributed by atoms with van der Waals surface area (Å²) in [5, 5.41) is 9.28. The van der Waals surface area contributed by atoms with Crippen LogP contribution in [-0.2, 0) is 4.79 Å². The number of carbonyl (C=O) groups is 1. The molecule has 0 bridgehead atoms. The highest BCUT2D eigenvalue weighted by molar-refractivity contribution is 9.11. The van der Waals surface area contributed by atoms with E-state index < -0.39 is 0 Å². The Kier molecular flexibility index (Phi) is 6.39. The van der Waals surface area contributed by atoms with Gasteiger partial charge >= 0.3 is 0 Å². The van der Waals surface area contributed by atoms with E-state index in [-0.39, 0.29) is 18.0 Å². The Morgan fingerprint density at radius 1 is 1.09 bits per heavy atom. The number of hydrogen-bond donors (Lipinski definition) is 2. The van der Waals surface area contributed by atoms with Gasteiger partial charge in [0.05, 0.1) is 21.6 Å². The fourth-order valence-corrected chi connectivity index (χ4v) is 6.12. The number of hydrogen-bond acceptors (Lipinski definition) is 4. The lowest BCUT2D eigenvalue weighted by molar-refractivity contribution is -0.116. The van der Waals surface area contributed by atoms with Crippen LogP contribution in [0.1, 0.15) is 29.1 Å². The normalized spacial score (nSPS) is 17.8. The minimum absolute atomic E-state index is 0.0333. The van der Waals surface area contributed by atoms with Crippen LogP contribution in [0.5, 0.6) is 0 Å². The monoisotopic (exact) mass is 536 g/mol. The Labute approximate surface area is 210 Å². The van der Waals surface area contributed by atoms with Crippen molar-refractivity contribution in [1.29, 1.82) is 0 Å². The van der Waals surface area contributed by atoms with E-state index in [1.54, 1.807) is 17.5 Å². The number of amides is 1. The van der Waals surface area contributed by atoms with E-state index in [4.69, 9.17) is 12.2 Å². The van der Waals surface area contributed by atoms with Gasteiger partial charge in [-0.2, -0.15) is 0 Å². The predicted molar refractivity (Wildman–Crippen MR) is 141 cm³/mol. The van der Waals surface area contributed by atoms with Gasteiger partial charge in [-0.3, -0.25) is 9.78 Å². The van der Waals surface area contributed by atoms with Gasteiger partial charge in [-0.1, -0.05) is 42.5 Å². The van der Waals surface area contributed by atoms with Crippen LogP contribution in [-0.4, -0.2) is 27.4 Å². The van der Waals surface area contributed by atoms with Crippen molar-refractivity contribution in [3.8, 4) is 0 Å². The van der Waals surface area contributed by atoms with Gasteiger partial charge in [0.1, 0.15) is 0 Å². The molecule has 1 fully saturated rings. The molecule has 1 saturated heterocycles. The molecule has 0 spiro atoms. The van der Waals surface area contributed by atoms with Crippen molar-refractivity contribution in [2.75, 3.05) is 11.9 Å². The van der Waals surface area contributed by atoms with Crippen molar-refractivity contribution in [3.05, 3.63) is 93.4 Å². The number of thiocarbonyl (C=S) groups is 1. The molecule has 4 aromatic rings. The molecule has 5 nitrogen and oxygen atoms in total. The highest BCUT2D eigenvalue weighted by atomic mass is 79.9. The topological polar surface area (TPSA) is 57.3 Å². The van der Waals surface area contributed by atoms with E-state index in [1.165, 1.54) is 4.88 Å². The van der Waals surface area contributed by atoms with E-state index >= 15 is 0 Å². The number of aromatic nitrogens is 1. The van der Waals surface area contributed by atoms with Crippen LogP contribution in [0.3, 0.4) is 0 Å². The van der Waals surface area contributed by atoms with E-state index in [2.05, 4.69) is 42.5 Å². The zero-order valence-electron chi connectivity index (χ0n) is 17.6. The van der Waals surface area contributed by atoms with E-state index in [1.807, 2.05) is 66.7 Å². The Bertz CT molecular complexity index is 1300. The number of carbonyl (C=O) groups excluding carboxylic acids is 1. The summed E-state index contributed by atoms with van der Waals surface area (Å²) in [5.41, 5.74) is 1.75. The molecule has 1 aliphatic rings. The number of nitrogens with one attached hydrogen (secondary N) is 2. The Balaban J connectivity index is 1.35. The van der Waals surface area contributed by atoms with Crippen LogP contribution >= 0.6 is 39.5 Å². The summed E-state index contributed by atoms with van der Waals surface area (Å²) in [6.45, 7) is 0.506. The second-order valence-electron chi connectivity index (χ2n) is 7.79. The SMILES string of the molecule is O=C(CCN1C(=S)N[C@H](c2ccccn2)[C@@H]1c1ccc(Br)s1)Nc1cccc2ccccc12. The Morgan fingerprint density at radius 2 is 1.91 bits per heavy atom. The third-order valence-electron chi connectivity index (χ3n) is 5.73. The number of halogens is 1. The number of thiophene rings is 1. The first-order valence-electron chi connectivity index (χ1n) is 10.6. The Morgan fingerprint density at radius 3 is 2.70 bits per heavy atom. The molecule has 0 unspecified atom stereocenters. The molecule has 1 aliphatic heterocycles. The fraction of sp³-hybridized carbons (Fsp3) is 0.160. The first kappa shape index (κ1) is 22.0. The number of rotatable bonds is 6. The quantitative estimate of drug-likeness (QED) is 0.293. The molecule has 3 heterocycles. The maximum atomic E-state index is 12.9. The molecule has 8 heteroatoms.